The van der Waals surface area contributed by atoms with Crippen LogP contribution in [0.1, 0.15) is 78.6 Å². The molecule has 2 aliphatic heterocycles. The molecule has 2 saturated heterocycles. The van der Waals surface area contributed by atoms with Gasteiger partial charge in [-0.15, -0.1) is 11.8 Å². The third-order valence-electron chi connectivity index (χ3n) is 7.69. The van der Waals surface area contributed by atoms with Crippen molar-refractivity contribution in [1.29, 1.82) is 0 Å². The number of amides is 2. The Bertz CT molecular complexity index is 1420. The van der Waals surface area contributed by atoms with Gasteiger partial charge in [0.2, 0.25) is 0 Å². The largest absolute Gasteiger partial charge is 0.444 e. The molecule has 2 aromatic heterocycles. The molecule has 0 aromatic carbocycles. The Morgan fingerprint density at radius 3 is 1.61 bits per heavy atom. The maximum absolute atomic E-state index is 12.6. The average molecular weight is 683 g/mol. The van der Waals surface area contributed by atoms with E-state index in [0.29, 0.717) is 37.5 Å². The number of hydrogen-bond donors (Lipinski definition) is 0. The summed E-state index contributed by atoms with van der Waals surface area (Å²) in [4.78, 5) is 27.6. The first-order valence-corrected chi connectivity index (χ1v) is 18.7. The van der Waals surface area contributed by atoms with E-state index in [0.717, 1.165) is 37.4 Å². The Morgan fingerprint density at radius 1 is 0.783 bits per heavy atom. The third-order valence-corrected chi connectivity index (χ3v) is 10.9. The van der Waals surface area contributed by atoms with E-state index in [2.05, 4.69) is 16.3 Å². The number of ether oxygens (including phenoxy) is 2. The number of rotatable bonds is 6. The molecule has 0 aliphatic carbocycles. The molecule has 0 unspecified atom stereocenters. The van der Waals surface area contributed by atoms with Crippen LogP contribution in [-0.2, 0) is 33.4 Å². The monoisotopic (exact) mass is 682 g/mol. The number of sulfone groups is 1. The summed E-state index contributed by atoms with van der Waals surface area (Å²) < 4.78 is 39.3. The molecule has 4 heterocycles. The summed E-state index contributed by atoms with van der Waals surface area (Å²) in [7, 11) is 0.260. The predicted octanol–water partition coefficient (Wildman–Crippen LogP) is 5.62. The fourth-order valence-electron chi connectivity index (χ4n) is 5.42. The first-order valence-electron chi connectivity index (χ1n) is 16.0. The molecule has 2 fully saturated rings. The number of likely N-dealkylation sites (tertiary alicyclic amines) is 2. The van der Waals surface area contributed by atoms with Gasteiger partial charge < -0.3 is 19.3 Å². The fourth-order valence-corrected chi connectivity index (χ4v) is 8.56. The normalized spacial score (nSPS) is 17.0. The highest BCUT2D eigenvalue weighted by Crippen LogP contribution is 2.28. The summed E-state index contributed by atoms with van der Waals surface area (Å²) in [5.41, 5.74) is 0.816. The summed E-state index contributed by atoms with van der Waals surface area (Å²) >= 11 is 1.86. The molecule has 0 bridgehead atoms. The fraction of sp³-hybridized carbons (Fsp3) is 0.750. The smallest absolute Gasteiger partial charge is 0.410 e. The first-order chi connectivity index (χ1) is 21.2. The standard InChI is InChI=1S/C16H27N3O4S.C16H27N3O2S/c1-12-10-14(18(5)17-12)24(21,22)11-13-6-8-19(9-7-13)15(20)23-16(2,3)4;1-12-10-14(18(5)17-12)22-11-13-6-8-19(9-7-13)15(20)21-16(2,3)4/h10,13H,6-9,11H2,1-5H3;10,13H,6-9,11H2,1-5H3. The summed E-state index contributed by atoms with van der Waals surface area (Å²) in [6.07, 6.45) is 2.91. The molecule has 2 aliphatic rings. The van der Waals surface area contributed by atoms with E-state index in [4.69, 9.17) is 9.47 Å². The summed E-state index contributed by atoms with van der Waals surface area (Å²) in [6.45, 7) is 17.7. The highest BCUT2D eigenvalue weighted by molar-refractivity contribution is 7.99. The van der Waals surface area contributed by atoms with Gasteiger partial charge in [-0.05, 0) is 105 Å². The van der Waals surface area contributed by atoms with Gasteiger partial charge in [0.15, 0.2) is 14.9 Å². The molecule has 260 valence electrons. The van der Waals surface area contributed by atoms with Crippen LogP contribution in [0, 0.1) is 25.7 Å². The molecule has 0 saturated carbocycles. The number of thioether (sulfide) groups is 1. The molecule has 46 heavy (non-hydrogen) atoms. The molecule has 14 heteroatoms. The van der Waals surface area contributed by atoms with Crippen LogP contribution in [0.15, 0.2) is 22.2 Å². The second kappa shape index (κ2) is 15.4. The predicted molar refractivity (Wildman–Crippen MR) is 180 cm³/mol. The lowest BCUT2D eigenvalue weighted by Crippen LogP contribution is -2.42. The van der Waals surface area contributed by atoms with Crippen molar-refractivity contribution in [3.05, 3.63) is 23.5 Å². The van der Waals surface area contributed by atoms with Crippen molar-refractivity contribution in [1.82, 2.24) is 29.4 Å². The molecule has 0 spiro atoms. The Kier molecular flexibility index (Phi) is 12.7. The van der Waals surface area contributed by atoms with Crippen LogP contribution in [0.25, 0.3) is 0 Å². The van der Waals surface area contributed by atoms with Crippen LogP contribution in [0.5, 0.6) is 0 Å². The zero-order chi connectivity index (χ0) is 34.4. The number of nitrogens with zero attached hydrogens (tertiary/aromatic N) is 6. The van der Waals surface area contributed by atoms with Crippen molar-refractivity contribution in [2.24, 2.45) is 25.9 Å². The second-order valence-electron chi connectivity index (χ2n) is 14.4. The molecule has 0 radical (unpaired) electrons. The lowest BCUT2D eigenvalue weighted by Gasteiger charge is -2.33. The summed E-state index contributed by atoms with van der Waals surface area (Å²) in [5, 5.41) is 9.95. The van der Waals surface area contributed by atoms with E-state index in [-0.39, 0.29) is 28.9 Å². The van der Waals surface area contributed by atoms with Gasteiger partial charge in [-0.25, -0.2) is 18.0 Å². The van der Waals surface area contributed by atoms with Gasteiger partial charge in [-0.3, -0.25) is 9.36 Å². The summed E-state index contributed by atoms with van der Waals surface area (Å²) in [6, 6.07) is 3.73. The van der Waals surface area contributed by atoms with E-state index >= 15 is 0 Å². The molecule has 2 aromatic rings. The second-order valence-corrected chi connectivity index (χ2v) is 17.4. The molecule has 12 nitrogen and oxygen atoms in total. The Labute approximate surface area is 279 Å². The summed E-state index contributed by atoms with van der Waals surface area (Å²) in [5.74, 6) is 1.87. The van der Waals surface area contributed by atoms with E-state index < -0.39 is 21.0 Å². The van der Waals surface area contributed by atoms with Gasteiger partial charge in [-0.2, -0.15) is 10.2 Å². The van der Waals surface area contributed by atoms with Crippen molar-refractivity contribution in [3.63, 3.8) is 0 Å². The Balaban J connectivity index is 0.000000251. The van der Waals surface area contributed by atoms with Crippen molar-refractivity contribution in [2.75, 3.05) is 37.7 Å². The molecular weight excluding hydrogens is 629 g/mol. The molecule has 2 amide bonds. The lowest BCUT2D eigenvalue weighted by molar-refractivity contribution is 0.0180. The molecule has 0 N–H and O–H groups in total. The van der Waals surface area contributed by atoms with Gasteiger partial charge in [-0.1, -0.05) is 0 Å². The van der Waals surface area contributed by atoms with Gasteiger partial charge >= 0.3 is 12.2 Å². The maximum atomic E-state index is 12.6. The van der Waals surface area contributed by atoms with E-state index in [9.17, 15) is 18.0 Å². The lowest BCUT2D eigenvalue weighted by atomic mass is 9.99. The van der Waals surface area contributed by atoms with Crippen molar-refractivity contribution in [2.45, 2.75) is 102 Å². The minimum absolute atomic E-state index is 0.0453. The first kappa shape index (κ1) is 37.7. The molecular formula is C32H54N6O6S2. The van der Waals surface area contributed by atoms with Gasteiger partial charge in [0.1, 0.15) is 11.2 Å². The van der Waals surface area contributed by atoms with Crippen LogP contribution >= 0.6 is 11.8 Å². The Morgan fingerprint density at radius 2 is 1.22 bits per heavy atom. The van der Waals surface area contributed by atoms with Gasteiger partial charge in [0.25, 0.3) is 0 Å². The number of aromatic nitrogens is 4. The highest BCUT2D eigenvalue weighted by atomic mass is 32.2. The average Bonchev–Trinajstić information content (AvgIpc) is 3.45. The van der Waals surface area contributed by atoms with Crippen LogP contribution in [0.4, 0.5) is 9.59 Å². The number of carbonyl (C=O) groups is 2. The van der Waals surface area contributed by atoms with Crippen LogP contribution in [-0.4, -0.2) is 98.9 Å². The minimum atomic E-state index is -3.37. The van der Waals surface area contributed by atoms with E-state index in [1.54, 1.807) is 24.9 Å². The zero-order valence-corrected chi connectivity index (χ0v) is 31.0. The van der Waals surface area contributed by atoms with E-state index in [1.165, 1.54) is 9.71 Å². The topological polar surface area (TPSA) is 129 Å². The van der Waals surface area contributed by atoms with Crippen LogP contribution < -0.4 is 0 Å². The third kappa shape index (κ3) is 11.8. The molecule has 0 atom stereocenters. The van der Waals surface area contributed by atoms with Crippen LogP contribution in [0.2, 0.25) is 0 Å². The van der Waals surface area contributed by atoms with E-state index in [1.807, 2.05) is 76.9 Å². The number of piperidine rings is 2. The van der Waals surface area contributed by atoms with Crippen molar-refractivity contribution >= 4 is 33.8 Å². The Hall–Kier alpha value is -2.74. The highest BCUT2D eigenvalue weighted by Gasteiger charge is 2.31. The minimum Gasteiger partial charge on any atom is -0.444 e. The van der Waals surface area contributed by atoms with Crippen molar-refractivity contribution < 1.29 is 27.5 Å². The number of carbonyl (C=O) groups excluding carboxylic acids is 2. The SMILES string of the molecule is Cc1cc(S(=O)(=O)CC2CCN(C(=O)OC(C)(C)C)CC2)n(C)n1.Cc1cc(SCC2CCN(C(=O)OC(C)(C)C)CC2)n(C)n1. The molecule has 4 rings (SSSR count). The van der Waals surface area contributed by atoms with Gasteiger partial charge in [0, 0.05) is 46.0 Å². The van der Waals surface area contributed by atoms with Crippen LogP contribution in [0.3, 0.4) is 0 Å². The maximum Gasteiger partial charge on any atom is 0.410 e. The quantitative estimate of drug-likeness (QED) is 0.357. The number of aryl methyl sites for hydroxylation is 4. The van der Waals surface area contributed by atoms with Crippen molar-refractivity contribution in [3.8, 4) is 0 Å². The van der Waals surface area contributed by atoms with Gasteiger partial charge in [0.05, 0.1) is 22.2 Å². The zero-order valence-electron chi connectivity index (χ0n) is 29.3. The number of hydrogen-bond acceptors (Lipinski definition) is 9.